The first-order valence-electron chi connectivity index (χ1n) is 11.3. The van der Waals surface area contributed by atoms with Crippen LogP contribution < -0.4 is 10.1 Å². The summed E-state index contributed by atoms with van der Waals surface area (Å²) < 4.78 is 5.89. The molecule has 2 aromatic carbocycles. The number of benzene rings is 2. The van der Waals surface area contributed by atoms with Crippen LogP contribution in [0.1, 0.15) is 50.0 Å². The molecule has 7 heteroatoms. The Morgan fingerprint density at radius 3 is 2.45 bits per heavy atom. The highest BCUT2D eigenvalue weighted by Gasteiger charge is 2.28. The van der Waals surface area contributed by atoms with E-state index in [9.17, 15) is 9.59 Å². The topological polar surface area (TPSA) is 88.0 Å². The minimum Gasteiger partial charge on any atom is -0.481 e. The Hall–Kier alpha value is -3.06. The van der Waals surface area contributed by atoms with Gasteiger partial charge in [0.1, 0.15) is 11.5 Å². The molecule has 0 aromatic heterocycles. The lowest BCUT2D eigenvalue weighted by Crippen LogP contribution is -2.34. The molecule has 1 saturated carbocycles. The molecule has 1 amide bonds. The van der Waals surface area contributed by atoms with Crippen LogP contribution in [0.4, 0.5) is 0 Å². The van der Waals surface area contributed by atoms with Crippen LogP contribution in [-0.2, 0) is 9.59 Å². The average molecular weight is 465 g/mol. The Bertz CT molecular complexity index is 1030. The van der Waals surface area contributed by atoms with E-state index in [-0.39, 0.29) is 18.2 Å². The van der Waals surface area contributed by atoms with Gasteiger partial charge in [-0.2, -0.15) is 0 Å². The number of hydrogen-bond acceptors (Lipinski definition) is 5. The molecule has 4 rings (SSSR count). The second kappa shape index (κ2) is 11.2. The molecule has 1 atom stereocenters. The van der Waals surface area contributed by atoms with E-state index in [1.807, 2.05) is 54.6 Å². The van der Waals surface area contributed by atoms with Crippen LogP contribution in [0.5, 0.6) is 11.5 Å². The average Bonchev–Trinajstić information content (AvgIpc) is 3.32. The molecular formula is C26H28N2O4S. The number of nitrogens with one attached hydrogen (secondary N) is 1. The van der Waals surface area contributed by atoms with Gasteiger partial charge in [0.15, 0.2) is 5.17 Å². The third kappa shape index (κ3) is 6.71. The van der Waals surface area contributed by atoms with Crippen LogP contribution in [0.2, 0.25) is 0 Å². The number of carbonyl (C=O) groups excluding carboxylic acids is 1. The number of carbonyl (C=O) groups is 2. The lowest BCUT2D eigenvalue weighted by Gasteiger charge is -2.22. The van der Waals surface area contributed by atoms with Crippen LogP contribution in [0.15, 0.2) is 71.4 Å². The van der Waals surface area contributed by atoms with E-state index in [0.29, 0.717) is 22.5 Å². The van der Waals surface area contributed by atoms with E-state index in [0.717, 1.165) is 36.3 Å². The lowest BCUT2D eigenvalue weighted by molar-refractivity contribution is -0.136. The van der Waals surface area contributed by atoms with Crippen LogP contribution in [0, 0.1) is 5.92 Å². The van der Waals surface area contributed by atoms with Crippen molar-refractivity contribution in [1.82, 2.24) is 5.32 Å². The number of aliphatic imine (C=N–C) groups is 1. The van der Waals surface area contributed by atoms with Crippen molar-refractivity contribution in [3.05, 3.63) is 71.9 Å². The van der Waals surface area contributed by atoms with Crippen molar-refractivity contribution in [2.24, 2.45) is 10.9 Å². The second-order valence-electron chi connectivity index (χ2n) is 8.41. The van der Waals surface area contributed by atoms with Gasteiger partial charge in [0.2, 0.25) is 5.91 Å². The van der Waals surface area contributed by atoms with Gasteiger partial charge in [0, 0.05) is 5.75 Å². The monoisotopic (exact) mass is 464 g/mol. The van der Waals surface area contributed by atoms with Gasteiger partial charge in [-0.3, -0.25) is 9.59 Å². The molecule has 2 N–H and O–H groups in total. The summed E-state index contributed by atoms with van der Waals surface area (Å²) in [5.74, 6) is 1.30. The van der Waals surface area contributed by atoms with E-state index in [2.05, 4.69) is 10.3 Å². The van der Waals surface area contributed by atoms with E-state index >= 15 is 0 Å². The number of nitrogens with zero attached hydrogens (tertiary/aromatic N) is 1. The summed E-state index contributed by atoms with van der Waals surface area (Å²) in [5, 5.41) is 12.5. The number of carboxylic acid groups (broad SMARTS) is 1. The van der Waals surface area contributed by atoms with Gasteiger partial charge in [-0.15, -0.1) is 0 Å². The molecule has 2 aromatic rings. The van der Waals surface area contributed by atoms with Gasteiger partial charge in [-0.25, -0.2) is 4.99 Å². The van der Waals surface area contributed by atoms with E-state index in [1.54, 1.807) is 6.08 Å². The second-order valence-corrected chi connectivity index (χ2v) is 9.41. The maximum atomic E-state index is 13.3. The Labute approximate surface area is 198 Å². The summed E-state index contributed by atoms with van der Waals surface area (Å²) in [7, 11) is 0. The van der Waals surface area contributed by atoms with E-state index < -0.39 is 5.97 Å². The standard InChI is InChI=1S/C26H28N2O4S/c29-24(30)17-20-14-15-33-26(27-20)28-25(31)23(16-18-6-4-5-7-18)19-10-12-22(13-11-19)32-21-8-2-1-3-9-21/h1-3,8-14,18,23H,4-7,15-17H2,(H,29,30)(H,27,28,31). The minimum atomic E-state index is -0.931. The molecule has 1 aliphatic carbocycles. The minimum absolute atomic E-state index is 0.0959. The Morgan fingerprint density at radius 1 is 1.06 bits per heavy atom. The highest BCUT2D eigenvalue weighted by Crippen LogP contribution is 2.35. The molecule has 6 nitrogen and oxygen atoms in total. The number of amides is 1. The molecular weight excluding hydrogens is 436 g/mol. The number of ether oxygens (including phenoxy) is 1. The van der Waals surface area contributed by atoms with Crippen LogP contribution in [0.25, 0.3) is 0 Å². The maximum Gasteiger partial charge on any atom is 0.309 e. The molecule has 1 aliphatic heterocycles. The third-order valence-electron chi connectivity index (χ3n) is 5.97. The third-order valence-corrected chi connectivity index (χ3v) is 6.77. The predicted octanol–water partition coefficient (Wildman–Crippen LogP) is 5.72. The predicted molar refractivity (Wildman–Crippen MR) is 131 cm³/mol. The quantitative estimate of drug-likeness (QED) is 0.522. The van der Waals surface area contributed by atoms with Crippen molar-refractivity contribution in [3.63, 3.8) is 0 Å². The number of aliphatic carboxylic acids is 1. The zero-order valence-corrected chi connectivity index (χ0v) is 19.2. The largest absolute Gasteiger partial charge is 0.481 e. The Kier molecular flexibility index (Phi) is 7.83. The SMILES string of the molecule is O=C(O)CC1=CCSC(NC(=O)C(CC2CCCC2)c2ccc(Oc3ccccc3)cc2)=N1. The number of hydrogen-bond donors (Lipinski definition) is 2. The van der Waals surface area contributed by atoms with Crippen molar-refractivity contribution in [1.29, 1.82) is 0 Å². The zero-order chi connectivity index (χ0) is 23.0. The number of para-hydroxylation sites is 1. The molecule has 1 heterocycles. The molecule has 1 unspecified atom stereocenters. The first kappa shape index (κ1) is 23.1. The molecule has 1 fully saturated rings. The molecule has 0 spiro atoms. The molecule has 0 bridgehead atoms. The molecule has 33 heavy (non-hydrogen) atoms. The summed E-state index contributed by atoms with van der Waals surface area (Å²) in [6, 6.07) is 17.3. The highest BCUT2D eigenvalue weighted by atomic mass is 32.2. The van der Waals surface area contributed by atoms with Gasteiger partial charge in [0.05, 0.1) is 18.0 Å². The van der Waals surface area contributed by atoms with Crippen LogP contribution in [0.3, 0.4) is 0 Å². The van der Waals surface area contributed by atoms with Gasteiger partial charge >= 0.3 is 5.97 Å². The summed E-state index contributed by atoms with van der Waals surface area (Å²) in [5.41, 5.74) is 1.42. The molecule has 172 valence electrons. The fraction of sp³-hybridized carbons (Fsp3) is 0.346. The fourth-order valence-corrected chi connectivity index (χ4v) is 5.10. The number of amidine groups is 1. The highest BCUT2D eigenvalue weighted by molar-refractivity contribution is 8.14. The van der Waals surface area contributed by atoms with Crippen molar-refractivity contribution < 1.29 is 19.4 Å². The van der Waals surface area contributed by atoms with Gasteiger partial charge in [0.25, 0.3) is 0 Å². The van der Waals surface area contributed by atoms with Crippen molar-refractivity contribution >= 4 is 28.8 Å². The normalized spacial score (nSPS) is 17.1. The first-order valence-corrected chi connectivity index (χ1v) is 12.3. The van der Waals surface area contributed by atoms with Crippen molar-refractivity contribution in [3.8, 4) is 11.5 Å². The first-order chi connectivity index (χ1) is 16.1. The van der Waals surface area contributed by atoms with Gasteiger partial charge in [-0.1, -0.05) is 73.9 Å². The van der Waals surface area contributed by atoms with Crippen molar-refractivity contribution in [2.45, 2.75) is 44.4 Å². The molecule has 0 saturated heterocycles. The van der Waals surface area contributed by atoms with Gasteiger partial charge in [-0.05, 0) is 42.2 Å². The molecule has 2 aliphatic rings. The van der Waals surface area contributed by atoms with E-state index in [1.165, 1.54) is 24.6 Å². The summed E-state index contributed by atoms with van der Waals surface area (Å²) in [6.07, 6.45) is 7.18. The summed E-state index contributed by atoms with van der Waals surface area (Å²) in [6.45, 7) is 0. The van der Waals surface area contributed by atoms with E-state index in [4.69, 9.17) is 9.84 Å². The number of carboxylic acids is 1. The van der Waals surface area contributed by atoms with Crippen LogP contribution in [-0.4, -0.2) is 27.9 Å². The fourth-order valence-electron chi connectivity index (χ4n) is 4.32. The Morgan fingerprint density at radius 2 is 1.76 bits per heavy atom. The maximum absolute atomic E-state index is 13.3. The zero-order valence-electron chi connectivity index (χ0n) is 18.4. The smallest absolute Gasteiger partial charge is 0.309 e. The summed E-state index contributed by atoms with van der Waals surface area (Å²) in [4.78, 5) is 28.7. The van der Waals surface area contributed by atoms with Crippen LogP contribution >= 0.6 is 11.8 Å². The number of rotatable bonds is 8. The number of thioether (sulfide) groups is 1. The lowest BCUT2D eigenvalue weighted by atomic mass is 9.87. The Balaban J connectivity index is 1.48. The summed E-state index contributed by atoms with van der Waals surface area (Å²) >= 11 is 1.41. The van der Waals surface area contributed by atoms with Gasteiger partial charge < -0.3 is 15.2 Å². The van der Waals surface area contributed by atoms with Crippen molar-refractivity contribution in [2.75, 3.05) is 5.75 Å². The molecule has 0 radical (unpaired) electrons.